The van der Waals surface area contributed by atoms with Gasteiger partial charge in [-0.1, -0.05) is 29.8 Å². The molecule has 4 rings (SSSR count). The van der Waals surface area contributed by atoms with E-state index in [0.29, 0.717) is 0 Å². The van der Waals surface area contributed by atoms with Crippen LogP contribution in [0.1, 0.15) is 36.5 Å². The van der Waals surface area contributed by atoms with Crippen LogP contribution in [0.15, 0.2) is 23.8 Å². The maximum atomic E-state index is 2.64. The molecule has 3 aliphatic heterocycles. The van der Waals surface area contributed by atoms with Gasteiger partial charge < -0.3 is 4.90 Å². The summed E-state index contributed by atoms with van der Waals surface area (Å²) in [5, 5.41) is 0. The lowest BCUT2D eigenvalue weighted by atomic mass is 9.75. The average Bonchev–Trinajstić information content (AvgIpc) is 2.45. The second-order valence-corrected chi connectivity index (χ2v) is 6.42. The predicted molar refractivity (Wildman–Crippen MR) is 82.2 cm³/mol. The zero-order valence-electron chi connectivity index (χ0n) is 12.4. The topological polar surface area (TPSA) is 3.24 Å². The lowest BCUT2D eigenvalue weighted by molar-refractivity contribution is 0.0688. The summed E-state index contributed by atoms with van der Waals surface area (Å²) in [5.41, 5.74) is 5.83. The molecule has 1 aromatic carbocycles. The molecule has 3 heterocycles. The normalized spacial score (nSPS) is 30.7. The quantitative estimate of drug-likeness (QED) is 0.770. The third-order valence-corrected chi connectivity index (χ3v) is 5.27. The van der Waals surface area contributed by atoms with Crippen LogP contribution in [-0.4, -0.2) is 24.5 Å². The summed E-state index contributed by atoms with van der Waals surface area (Å²) in [6.07, 6.45) is 5.25. The number of hydrogen-bond donors (Lipinski definition) is 0. The molecule has 3 saturated heterocycles. The molecule has 0 aromatic heterocycles. The molecule has 1 nitrogen and oxygen atoms in total. The molecule has 0 saturated carbocycles. The minimum Gasteiger partial charge on any atom is -0.303 e. The molecule has 0 N–H and O–H groups in total. The van der Waals surface area contributed by atoms with Gasteiger partial charge in [0.05, 0.1) is 0 Å². The molecule has 3 aliphatic rings. The first kappa shape index (κ1) is 12.9. The maximum Gasteiger partial charge on any atom is 0.00497 e. The van der Waals surface area contributed by atoms with E-state index in [9.17, 15) is 0 Å². The first-order chi connectivity index (χ1) is 9.15. The molecule has 102 valence electrons. The van der Waals surface area contributed by atoms with Gasteiger partial charge in [0, 0.05) is 6.54 Å². The number of aryl methyl sites for hydroxylation is 1. The lowest BCUT2D eigenvalue weighted by Gasteiger charge is -2.45. The van der Waals surface area contributed by atoms with E-state index >= 15 is 0 Å². The van der Waals surface area contributed by atoms with Gasteiger partial charge in [0.15, 0.2) is 0 Å². The van der Waals surface area contributed by atoms with Gasteiger partial charge in [-0.25, -0.2) is 0 Å². The third kappa shape index (κ3) is 2.49. The van der Waals surface area contributed by atoms with Crippen LogP contribution in [0.25, 0.3) is 6.08 Å². The van der Waals surface area contributed by atoms with Crippen LogP contribution >= 0.6 is 0 Å². The zero-order chi connectivity index (χ0) is 13.4. The Hall–Kier alpha value is -1.08. The van der Waals surface area contributed by atoms with Crippen LogP contribution in [0, 0.1) is 25.7 Å². The van der Waals surface area contributed by atoms with Crippen molar-refractivity contribution in [1.82, 2.24) is 4.90 Å². The minimum atomic E-state index is 0.794. The summed E-state index contributed by atoms with van der Waals surface area (Å²) < 4.78 is 0. The largest absolute Gasteiger partial charge is 0.303 e. The number of nitrogens with zero attached hydrogens (tertiary/aromatic N) is 1. The van der Waals surface area contributed by atoms with Gasteiger partial charge in [0.25, 0.3) is 0 Å². The van der Waals surface area contributed by atoms with E-state index in [1.807, 2.05) is 0 Å². The molecule has 1 unspecified atom stereocenters. The molecule has 0 aliphatic carbocycles. The number of hydrogen-bond acceptors (Lipinski definition) is 1. The number of fused-ring (bicyclic) bond motifs is 3. The Morgan fingerprint density at radius 3 is 2.58 bits per heavy atom. The van der Waals surface area contributed by atoms with Gasteiger partial charge in [-0.2, -0.15) is 0 Å². The van der Waals surface area contributed by atoms with Gasteiger partial charge in [0.2, 0.25) is 0 Å². The van der Waals surface area contributed by atoms with E-state index in [0.717, 1.165) is 11.8 Å². The average molecular weight is 255 g/mol. The summed E-state index contributed by atoms with van der Waals surface area (Å²) in [7, 11) is 0. The van der Waals surface area contributed by atoms with Crippen molar-refractivity contribution in [1.29, 1.82) is 0 Å². The van der Waals surface area contributed by atoms with Crippen LogP contribution in [0.4, 0.5) is 0 Å². The highest BCUT2D eigenvalue weighted by atomic mass is 15.1. The second kappa shape index (κ2) is 5.13. The van der Waals surface area contributed by atoms with Crippen molar-refractivity contribution in [3.8, 4) is 0 Å². The van der Waals surface area contributed by atoms with Crippen LogP contribution in [0.5, 0.6) is 0 Å². The van der Waals surface area contributed by atoms with E-state index in [1.54, 1.807) is 5.57 Å². The highest BCUT2D eigenvalue weighted by molar-refractivity contribution is 5.58. The number of benzene rings is 1. The first-order valence-corrected chi connectivity index (χ1v) is 7.62. The molecule has 3 fully saturated rings. The molecular weight excluding hydrogens is 230 g/mol. The van der Waals surface area contributed by atoms with Crippen molar-refractivity contribution in [3.63, 3.8) is 0 Å². The van der Waals surface area contributed by atoms with Crippen LogP contribution in [0.2, 0.25) is 0 Å². The van der Waals surface area contributed by atoms with Crippen molar-refractivity contribution >= 4 is 6.08 Å². The molecule has 2 bridgehead atoms. The first-order valence-electron chi connectivity index (χ1n) is 7.62. The molecule has 0 spiro atoms. The highest BCUT2D eigenvalue weighted by Gasteiger charge is 2.34. The Labute approximate surface area is 117 Å². The fourth-order valence-corrected chi connectivity index (χ4v) is 3.76. The van der Waals surface area contributed by atoms with Crippen molar-refractivity contribution in [2.75, 3.05) is 19.6 Å². The van der Waals surface area contributed by atoms with Crippen LogP contribution in [-0.2, 0) is 0 Å². The van der Waals surface area contributed by atoms with Crippen molar-refractivity contribution in [2.45, 2.75) is 33.6 Å². The molecule has 19 heavy (non-hydrogen) atoms. The number of piperidine rings is 3. The Morgan fingerprint density at radius 2 is 1.95 bits per heavy atom. The summed E-state index contributed by atoms with van der Waals surface area (Å²) >= 11 is 0. The monoisotopic (exact) mass is 255 g/mol. The van der Waals surface area contributed by atoms with E-state index in [1.165, 1.54) is 49.2 Å². The Morgan fingerprint density at radius 1 is 1.21 bits per heavy atom. The predicted octanol–water partition coefficient (Wildman–Crippen LogP) is 4.05. The summed E-state index contributed by atoms with van der Waals surface area (Å²) in [6, 6.07) is 6.64. The molecule has 1 aromatic rings. The SMILES string of the molecule is C/C(=C\c1cccc(C)c1C)C1CN2CCC1CC2. The Kier molecular flexibility index (Phi) is 3.49. The van der Waals surface area contributed by atoms with Gasteiger partial charge in [-0.15, -0.1) is 0 Å². The second-order valence-electron chi connectivity index (χ2n) is 6.42. The van der Waals surface area contributed by atoms with E-state index in [2.05, 4.69) is 49.9 Å². The maximum absolute atomic E-state index is 2.64. The Balaban J connectivity index is 1.85. The summed E-state index contributed by atoms with van der Waals surface area (Å²) in [5.74, 6) is 1.73. The van der Waals surface area contributed by atoms with Gasteiger partial charge in [-0.05, 0) is 75.2 Å². The van der Waals surface area contributed by atoms with Crippen LogP contribution in [0.3, 0.4) is 0 Å². The third-order valence-electron chi connectivity index (χ3n) is 5.27. The summed E-state index contributed by atoms with van der Waals surface area (Å²) in [4.78, 5) is 2.64. The fraction of sp³-hybridized carbons (Fsp3) is 0.556. The molecule has 0 amide bonds. The molecular formula is C18H25N. The Bertz CT molecular complexity index is 492. The minimum absolute atomic E-state index is 0.794. The van der Waals surface area contributed by atoms with Gasteiger partial charge in [0.1, 0.15) is 0 Å². The smallest absolute Gasteiger partial charge is 0.00497 e. The van der Waals surface area contributed by atoms with E-state index in [4.69, 9.17) is 0 Å². The van der Waals surface area contributed by atoms with Gasteiger partial charge >= 0.3 is 0 Å². The lowest BCUT2D eigenvalue weighted by Crippen LogP contribution is -2.47. The number of rotatable bonds is 2. The van der Waals surface area contributed by atoms with Crippen molar-refractivity contribution in [2.24, 2.45) is 11.8 Å². The zero-order valence-corrected chi connectivity index (χ0v) is 12.4. The fourth-order valence-electron chi connectivity index (χ4n) is 3.76. The summed E-state index contributed by atoms with van der Waals surface area (Å²) in [6.45, 7) is 10.7. The standard InChI is InChI=1S/C18H25N/c1-13-5-4-6-17(15(13)3)11-14(2)18-12-19-9-7-16(18)8-10-19/h4-6,11,16,18H,7-10,12H2,1-3H3/b14-11+. The molecule has 1 heteroatoms. The van der Waals surface area contributed by atoms with Crippen molar-refractivity contribution < 1.29 is 0 Å². The van der Waals surface area contributed by atoms with E-state index < -0.39 is 0 Å². The highest BCUT2D eigenvalue weighted by Crippen LogP contribution is 2.37. The van der Waals surface area contributed by atoms with Crippen molar-refractivity contribution in [3.05, 3.63) is 40.5 Å². The molecule has 1 atom stereocenters. The van der Waals surface area contributed by atoms with E-state index in [-0.39, 0.29) is 0 Å². The molecule has 0 radical (unpaired) electrons. The van der Waals surface area contributed by atoms with Crippen LogP contribution < -0.4 is 0 Å². The van der Waals surface area contributed by atoms with Gasteiger partial charge in [-0.3, -0.25) is 0 Å².